The van der Waals surface area contributed by atoms with Crippen LogP contribution in [0.25, 0.3) is 0 Å². The van der Waals surface area contributed by atoms with Gasteiger partial charge in [-0.1, -0.05) is 38.8 Å². The maximum absolute atomic E-state index is 12.6. The molecule has 3 unspecified atom stereocenters. The summed E-state index contributed by atoms with van der Waals surface area (Å²) in [5.74, 6) is 0.737. The first-order valence-electron chi connectivity index (χ1n) is 10.9. The Labute approximate surface area is 190 Å². The molecule has 3 rings (SSSR count). The van der Waals surface area contributed by atoms with E-state index in [9.17, 15) is 18.0 Å². The second kappa shape index (κ2) is 10.3. The molecule has 0 heterocycles. The molecule has 32 heavy (non-hydrogen) atoms. The molecule has 1 aliphatic rings. The van der Waals surface area contributed by atoms with Gasteiger partial charge in [-0.05, 0) is 60.2 Å². The van der Waals surface area contributed by atoms with Gasteiger partial charge in [0.05, 0.1) is 4.90 Å². The zero-order valence-electron chi connectivity index (χ0n) is 18.7. The topological polar surface area (TPSA) is 104 Å². The Hall–Kier alpha value is -2.71. The molecule has 0 aromatic heterocycles. The van der Waals surface area contributed by atoms with E-state index in [1.54, 1.807) is 24.3 Å². The first kappa shape index (κ1) is 23.9. The summed E-state index contributed by atoms with van der Waals surface area (Å²) in [7, 11) is -3.70. The third kappa shape index (κ3) is 6.17. The van der Waals surface area contributed by atoms with Gasteiger partial charge >= 0.3 is 0 Å². The van der Waals surface area contributed by atoms with E-state index < -0.39 is 10.0 Å². The first-order chi connectivity index (χ1) is 15.2. The molecule has 0 spiro atoms. The minimum absolute atomic E-state index is 0.0951. The summed E-state index contributed by atoms with van der Waals surface area (Å²) in [6.45, 7) is 5.92. The van der Waals surface area contributed by atoms with Gasteiger partial charge in [-0.25, -0.2) is 13.1 Å². The first-order valence-corrected chi connectivity index (χ1v) is 12.4. The van der Waals surface area contributed by atoms with Crippen LogP contribution in [-0.2, 0) is 21.4 Å². The number of hydrogen-bond acceptors (Lipinski definition) is 4. The summed E-state index contributed by atoms with van der Waals surface area (Å²) in [5.41, 5.74) is 1.85. The predicted octanol–water partition coefficient (Wildman–Crippen LogP) is 3.68. The van der Waals surface area contributed by atoms with Crippen molar-refractivity contribution in [3.8, 4) is 0 Å². The van der Waals surface area contributed by atoms with E-state index in [1.165, 1.54) is 37.6 Å². The lowest BCUT2D eigenvalue weighted by Gasteiger charge is -2.34. The average molecular weight is 458 g/mol. The van der Waals surface area contributed by atoms with Gasteiger partial charge in [0.1, 0.15) is 0 Å². The highest BCUT2D eigenvalue weighted by atomic mass is 32.2. The summed E-state index contributed by atoms with van der Waals surface area (Å²) in [5, 5.41) is 5.75. The molecule has 172 valence electrons. The molecule has 2 amide bonds. The minimum atomic E-state index is -3.70. The number of nitrogens with one attached hydrogen (secondary N) is 3. The number of amides is 2. The Balaban J connectivity index is 1.57. The van der Waals surface area contributed by atoms with Gasteiger partial charge < -0.3 is 10.6 Å². The van der Waals surface area contributed by atoms with Crippen molar-refractivity contribution < 1.29 is 18.0 Å². The van der Waals surface area contributed by atoms with E-state index in [4.69, 9.17) is 0 Å². The van der Waals surface area contributed by atoms with E-state index in [2.05, 4.69) is 29.2 Å². The molecule has 7 nitrogen and oxygen atoms in total. The SMILES string of the molecule is CC(=O)Nc1ccc(S(=O)(=O)NCc2ccc(C(=O)NC3CCCC(C)C3C)cc2)cc1. The van der Waals surface area contributed by atoms with Crippen LogP contribution in [0, 0.1) is 11.8 Å². The van der Waals surface area contributed by atoms with Crippen LogP contribution >= 0.6 is 0 Å². The number of anilines is 1. The van der Waals surface area contributed by atoms with Crippen LogP contribution in [0.3, 0.4) is 0 Å². The number of carbonyl (C=O) groups excluding carboxylic acids is 2. The maximum atomic E-state index is 12.6. The summed E-state index contributed by atoms with van der Waals surface area (Å²) < 4.78 is 27.6. The summed E-state index contributed by atoms with van der Waals surface area (Å²) in [6, 6.07) is 13.1. The third-order valence-corrected chi connectivity index (χ3v) is 7.61. The largest absolute Gasteiger partial charge is 0.349 e. The molecule has 3 atom stereocenters. The van der Waals surface area contributed by atoms with E-state index in [1.807, 2.05) is 0 Å². The Bertz CT molecular complexity index is 1050. The van der Waals surface area contributed by atoms with Crippen molar-refractivity contribution in [3.05, 3.63) is 59.7 Å². The van der Waals surface area contributed by atoms with Gasteiger partial charge in [0.25, 0.3) is 5.91 Å². The molecule has 1 fully saturated rings. The standard InChI is InChI=1S/C24H31N3O4S/c1-16-5-4-6-23(17(16)2)27-24(29)20-9-7-19(8-10-20)15-25-32(30,31)22-13-11-21(12-14-22)26-18(3)28/h7-14,16-17,23,25H,4-6,15H2,1-3H3,(H,26,28)(H,27,29). The second-order valence-electron chi connectivity index (χ2n) is 8.57. The van der Waals surface area contributed by atoms with Crippen LogP contribution in [0.4, 0.5) is 5.69 Å². The van der Waals surface area contributed by atoms with Crippen molar-refractivity contribution in [1.29, 1.82) is 0 Å². The van der Waals surface area contributed by atoms with Crippen molar-refractivity contribution in [2.45, 2.75) is 57.5 Å². The second-order valence-corrected chi connectivity index (χ2v) is 10.3. The predicted molar refractivity (Wildman–Crippen MR) is 125 cm³/mol. The maximum Gasteiger partial charge on any atom is 0.251 e. The quantitative estimate of drug-likeness (QED) is 0.590. The lowest BCUT2D eigenvalue weighted by molar-refractivity contribution is -0.114. The smallest absolute Gasteiger partial charge is 0.251 e. The monoisotopic (exact) mass is 457 g/mol. The van der Waals surface area contributed by atoms with Crippen molar-refractivity contribution in [1.82, 2.24) is 10.0 Å². The molecule has 2 aromatic carbocycles. The highest BCUT2D eigenvalue weighted by Crippen LogP contribution is 2.29. The summed E-state index contributed by atoms with van der Waals surface area (Å²) in [6.07, 6.45) is 3.34. The third-order valence-electron chi connectivity index (χ3n) is 6.19. The number of carbonyl (C=O) groups is 2. The van der Waals surface area contributed by atoms with Gasteiger partial charge in [-0.2, -0.15) is 0 Å². The average Bonchev–Trinajstić information content (AvgIpc) is 2.76. The molecule has 8 heteroatoms. The van der Waals surface area contributed by atoms with Crippen molar-refractivity contribution in [2.75, 3.05) is 5.32 Å². The fraction of sp³-hybridized carbons (Fsp3) is 0.417. The molecule has 1 saturated carbocycles. The molecule has 1 aliphatic carbocycles. The van der Waals surface area contributed by atoms with E-state index in [0.717, 1.165) is 18.4 Å². The number of hydrogen-bond donors (Lipinski definition) is 3. The molecule has 2 aromatic rings. The van der Waals surface area contributed by atoms with Crippen LogP contribution in [0.1, 0.15) is 56.0 Å². The lowest BCUT2D eigenvalue weighted by Crippen LogP contribution is -2.43. The zero-order chi connectivity index (χ0) is 23.3. The van der Waals surface area contributed by atoms with Crippen LogP contribution in [0.2, 0.25) is 0 Å². The van der Waals surface area contributed by atoms with E-state index >= 15 is 0 Å². The molecular formula is C24H31N3O4S. The van der Waals surface area contributed by atoms with E-state index in [0.29, 0.717) is 23.1 Å². The highest BCUT2D eigenvalue weighted by Gasteiger charge is 2.28. The minimum Gasteiger partial charge on any atom is -0.349 e. The lowest BCUT2D eigenvalue weighted by atomic mass is 9.78. The van der Waals surface area contributed by atoms with Gasteiger partial charge in [0, 0.05) is 30.8 Å². The van der Waals surface area contributed by atoms with Gasteiger partial charge in [0.15, 0.2) is 0 Å². The number of benzene rings is 2. The molecule has 3 N–H and O–H groups in total. The Morgan fingerprint density at radius 2 is 1.62 bits per heavy atom. The Morgan fingerprint density at radius 3 is 2.25 bits per heavy atom. The summed E-state index contributed by atoms with van der Waals surface area (Å²) in [4.78, 5) is 23.8. The van der Waals surface area contributed by atoms with Gasteiger partial charge in [-0.15, -0.1) is 0 Å². The molecule has 0 bridgehead atoms. The van der Waals surface area contributed by atoms with Crippen LogP contribution in [-0.4, -0.2) is 26.3 Å². The van der Waals surface area contributed by atoms with Gasteiger partial charge in [-0.3, -0.25) is 9.59 Å². The van der Waals surface area contributed by atoms with Gasteiger partial charge in [0.2, 0.25) is 15.9 Å². The fourth-order valence-electron chi connectivity index (χ4n) is 3.99. The Kier molecular flexibility index (Phi) is 7.69. The van der Waals surface area contributed by atoms with Crippen molar-refractivity contribution in [2.24, 2.45) is 11.8 Å². The highest BCUT2D eigenvalue weighted by molar-refractivity contribution is 7.89. The molecule has 0 saturated heterocycles. The van der Waals surface area contributed by atoms with Crippen LogP contribution in [0.15, 0.2) is 53.4 Å². The summed E-state index contributed by atoms with van der Waals surface area (Å²) >= 11 is 0. The number of rotatable bonds is 7. The van der Waals surface area contributed by atoms with Crippen LogP contribution < -0.4 is 15.4 Å². The molecular weight excluding hydrogens is 426 g/mol. The van der Waals surface area contributed by atoms with Crippen molar-refractivity contribution >= 4 is 27.5 Å². The fourth-order valence-corrected chi connectivity index (χ4v) is 5.01. The number of sulfonamides is 1. The zero-order valence-corrected chi connectivity index (χ0v) is 19.5. The molecule has 0 aliphatic heterocycles. The van der Waals surface area contributed by atoms with Crippen LogP contribution in [0.5, 0.6) is 0 Å². The van der Waals surface area contributed by atoms with Crippen molar-refractivity contribution in [3.63, 3.8) is 0 Å². The Morgan fingerprint density at radius 1 is 0.969 bits per heavy atom. The van der Waals surface area contributed by atoms with E-state index in [-0.39, 0.29) is 29.3 Å². The normalized spacial score (nSPS) is 21.0. The molecule has 0 radical (unpaired) electrons.